The fraction of sp³-hybridized carbons (Fsp3) is 0.324. The molecule has 1 amide bonds. The molecule has 3 N–H and O–H groups in total. The van der Waals surface area contributed by atoms with Crippen molar-refractivity contribution in [1.29, 1.82) is 0 Å². The van der Waals surface area contributed by atoms with Gasteiger partial charge >= 0.3 is 0 Å². The van der Waals surface area contributed by atoms with E-state index in [-0.39, 0.29) is 12.2 Å². The van der Waals surface area contributed by atoms with Crippen LogP contribution in [0.1, 0.15) is 57.2 Å². The van der Waals surface area contributed by atoms with E-state index in [0.717, 1.165) is 61.5 Å². The molecule has 4 aromatic rings. The second-order valence-corrected chi connectivity index (χ2v) is 11.5. The van der Waals surface area contributed by atoms with Crippen molar-refractivity contribution in [3.8, 4) is 11.3 Å². The maximum atomic E-state index is 15.2. The smallest absolute Gasteiger partial charge is 0.261 e. The molecule has 7 rings (SSSR count). The van der Waals surface area contributed by atoms with E-state index in [4.69, 9.17) is 15.5 Å². The maximum absolute atomic E-state index is 15.2. The van der Waals surface area contributed by atoms with E-state index in [1.807, 2.05) is 18.2 Å². The lowest BCUT2D eigenvalue weighted by Gasteiger charge is -2.31. The molecule has 0 bridgehead atoms. The Balaban J connectivity index is 1.17. The standard InChI is InChI=1S/C34H34FN5O3/c35-28-18-24(22-6-7-22)17-23-10-11-40(34(42)33(23)28)30-3-1-2-26(27(30)20-41)29-19-31(36)38-32(37-29)16-21-4-8-25(9-5-21)39-12-14-43-15-13-39/h1-5,8-9,17-19,22,41H,6-7,10-16,20H2,(H2,36,37,38). The Morgan fingerprint density at radius 3 is 2.53 bits per heavy atom. The molecule has 9 heteroatoms. The molecule has 2 aliphatic heterocycles. The third-order valence-corrected chi connectivity index (χ3v) is 8.65. The predicted molar refractivity (Wildman–Crippen MR) is 164 cm³/mol. The Kier molecular flexibility index (Phi) is 7.28. The van der Waals surface area contributed by atoms with Gasteiger partial charge in [-0.3, -0.25) is 4.79 Å². The number of carbonyl (C=O) groups is 1. The summed E-state index contributed by atoms with van der Waals surface area (Å²) in [6.45, 7) is 3.28. The molecule has 1 aliphatic carbocycles. The van der Waals surface area contributed by atoms with Gasteiger partial charge in [-0.05, 0) is 66.1 Å². The first-order chi connectivity index (χ1) is 21.0. The number of nitrogens with zero attached hydrogens (tertiary/aromatic N) is 4. The molecule has 3 aliphatic rings. The summed E-state index contributed by atoms with van der Waals surface area (Å²) in [5.74, 6) is 0.416. The van der Waals surface area contributed by atoms with Crippen LogP contribution >= 0.6 is 0 Å². The van der Waals surface area contributed by atoms with Gasteiger partial charge in [-0.2, -0.15) is 0 Å². The zero-order valence-electron chi connectivity index (χ0n) is 23.9. The number of anilines is 3. The number of ether oxygens (including phenoxy) is 1. The number of morpholine rings is 1. The summed E-state index contributed by atoms with van der Waals surface area (Å²) >= 11 is 0. The third-order valence-electron chi connectivity index (χ3n) is 8.65. The molecule has 1 saturated carbocycles. The number of nitrogen functional groups attached to an aromatic ring is 1. The summed E-state index contributed by atoms with van der Waals surface area (Å²) in [5, 5.41) is 10.5. The number of nitrogens with two attached hydrogens (primary N) is 1. The molecular formula is C34H34FN5O3. The van der Waals surface area contributed by atoms with Gasteiger partial charge in [0.05, 0.1) is 36.8 Å². The van der Waals surface area contributed by atoms with E-state index in [1.54, 1.807) is 17.0 Å². The number of hydrogen-bond acceptors (Lipinski definition) is 7. The van der Waals surface area contributed by atoms with E-state index in [9.17, 15) is 9.90 Å². The van der Waals surface area contributed by atoms with Gasteiger partial charge in [0.2, 0.25) is 0 Å². The van der Waals surface area contributed by atoms with Crippen LogP contribution in [0.5, 0.6) is 0 Å². The fourth-order valence-electron chi connectivity index (χ4n) is 6.27. The van der Waals surface area contributed by atoms with Crippen LogP contribution in [0, 0.1) is 5.82 Å². The first-order valence-electron chi connectivity index (χ1n) is 14.9. The van der Waals surface area contributed by atoms with E-state index in [1.165, 1.54) is 6.07 Å². The van der Waals surface area contributed by atoms with Gasteiger partial charge in [-0.15, -0.1) is 0 Å². The molecule has 2 fully saturated rings. The van der Waals surface area contributed by atoms with Gasteiger partial charge in [0.1, 0.15) is 17.5 Å². The van der Waals surface area contributed by atoms with Crippen LogP contribution in [-0.4, -0.2) is 53.8 Å². The number of rotatable bonds is 7. The normalized spacial score (nSPS) is 16.8. The average Bonchev–Trinajstić information content (AvgIpc) is 3.87. The minimum absolute atomic E-state index is 0.123. The van der Waals surface area contributed by atoms with Gasteiger partial charge in [0.25, 0.3) is 5.91 Å². The highest BCUT2D eigenvalue weighted by Crippen LogP contribution is 2.42. The zero-order chi connectivity index (χ0) is 29.5. The molecule has 0 atom stereocenters. The molecule has 8 nitrogen and oxygen atoms in total. The van der Waals surface area contributed by atoms with Crippen molar-refractivity contribution < 1.29 is 19.0 Å². The monoisotopic (exact) mass is 579 g/mol. The van der Waals surface area contributed by atoms with Crippen molar-refractivity contribution in [2.75, 3.05) is 48.4 Å². The first-order valence-corrected chi connectivity index (χ1v) is 14.9. The Morgan fingerprint density at radius 2 is 1.79 bits per heavy atom. The van der Waals surface area contributed by atoms with Crippen molar-refractivity contribution in [1.82, 2.24) is 9.97 Å². The predicted octanol–water partition coefficient (Wildman–Crippen LogP) is 4.86. The molecule has 0 spiro atoms. The van der Waals surface area contributed by atoms with Crippen molar-refractivity contribution in [2.45, 2.75) is 38.2 Å². The van der Waals surface area contributed by atoms with Crippen LogP contribution in [0.4, 0.5) is 21.6 Å². The summed E-state index contributed by atoms with van der Waals surface area (Å²) in [6.07, 6.45) is 3.17. The highest BCUT2D eigenvalue weighted by atomic mass is 19.1. The lowest BCUT2D eigenvalue weighted by molar-refractivity contribution is 0.0976. The van der Waals surface area contributed by atoms with Crippen LogP contribution in [0.25, 0.3) is 11.3 Å². The van der Waals surface area contributed by atoms with Gasteiger partial charge < -0.3 is 25.4 Å². The van der Waals surface area contributed by atoms with E-state index >= 15 is 4.39 Å². The Morgan fingerprint density at radius 1 is 1.00 bits per heavy atom. The molecule has 3 heterocycles. The van der Waals surface area contributed by atoms with E-state index in [0.29, 0.717) is 59.5 Å². The largest absolute Gasteiger partial charge is 0.392 e. The summed E-state index contributed by atoms with van der Waals surface area (Å²) in [4.78, 5) is 26.8. The summed E-state index contributed by atoms with van der Waals surface area (Å²) < 4.78 is 20.7. The van der Waals surface area contributed by atoms with Gasteiger partial charge in [0, 0.05) is 48.9 Å². The number of carbonyl (C=O) groups excluding carboxylic acids is 1. The number of amides is 1. The lowest BCUT2D eigenvalue weighted by atomic mass is 9.93. The molecule has 3 aromatic carbocycles. The molecular weight excluding hydrogens is 545 g/mol. The number of benzene rings is 3. The first kappa shape index (κ1) is 27.5. The lowest BCUT2D eigenvalue weighted by Crippen LogP contribution is -2.39. The zero-order valence-corrected chi connectivity index (χ0v) is 23.9. The quantitative estimate of drug-likeness (QED) is 0.322. The van der Waals surface area contributed by atoms with Gasteiger partial charge in [-0.25, -0.2) is 14.4 Å². The minimum Gasteiger partial charge on any atom is -0.392 e. The van der Waals surface area contributed by atoms with Crippen LogP contribution in [0.3, 0.4) is 0 Å². The van der Waals surface area contributed by atoms with Crippen LogP contribution in [0.2, 0.25) is 0 Å². The summed E-state index contributed by atoms with van der Waals surface area (Å²) in [6, 6.07) is 19.0. The molecule has 1 aromatic heterocycles. The molecule has 43 heavy (non-hydrogen) atoms. The van der Waals surface area contributed by atoms with Crippen molar-refractivity contribution in [3.05, 3.63) is 100 Å². The van der Waals surface area contributed by atoms with E-state index in [2.05, 4.69) is 34.1 Å². The van der Waals surface area contributed by atoms with Crippen LogP contribution in [0.15, 0.2) is 60.7 Å². The highest BCUT2D eigenvalue weighted by molar-refractivity contribution is 6.09. The topological polar surface area (TPSA) is 105 Å². The number of aliphatic hydroxyl groups is 1. The molecule has 220 valence electrons. The third kappa shape index (κ3) is 5.46. The Labute approximate surface area is 249 Å². The number of halogens is 1. The van der Waals surface area contributed by atoms with Crippen molar-refractivity contribution in [2.24, 2.45) is 0 Å². The summed E-state index contributed by atoms with van der Waals surface area (Å²) in [5.41, 5.74) is 12.6. The van der Waals surface area contributed by atoms with Gasteiger partial charge in [0.15, 0.2) is 0 Å². The second kappa shape index (κ2) is 11.4. The van der Waals surface area contributed by atoms with Crippen molar-refractivity contribution in [3.63, 3.8) is 0 Å². The van der Waals surface area contributed by atoms with Crippen LogP contribution < -0.4 is 15.5 Å². The minimum atomic E-state index is -0.470. The average molecular weight is 580 g/mol. The number of aromatic nitrogens is 2. The Bertz CT molecular complexity index is 1680. The molecule has 0 unspecified atom stereocenters. The number of fused-ring (bicyclic) bond motifs is 1. The molecule has 0 radical (unpaired) electrons. The molecule has 1 saturated heterocycles. The summed E-state index contributed by atoms with van der Waals surface area (Å²) in [7, 11) is 0. The van der Waals surface area contributed by atoms with Crippen LogP contribution in [-0.2, 0) is 24.2 Å². The van der Waals surface area contributed by atoms with Gasteiger partial charge in [-0.1, -0.05) is 30.3 Å². The number of hydrogen-bond donors (Lipinski definition) is 2. The maximum Gasteiger partial charge on any atom is 0.261 e. The Hall–Kier alpha value is -4.34. The van der Waals surface area contributed by atoms with Crippen molar-refractivity contribution >= 4 is 23.1 Å². The second-order valence-electron chi connectivity index (χ2n) is 11.5. The number of aliphatic hydroxyl groups excluding tert-OH is 1. The fourth-order valence-corrected chi connectivity index (χ4v) is 6.27. The SMILES string of the molecule is Nc1cc(-c2cccc(N3CCc4cc(C5CC5)cc(F)c4C3=O)c2CO)nc(Cc2ccc(N3CCOCC3)cc2)n1. The highest BCUT2D eigenvalue weighted by Gasteiger charge is 2.33. The van der Waals surface area contributed by atoms with E-state index < -0.39 is 11.7 Å².